The second kappa shape index (κ2) is 7.21. The summed E-state index contributed by atoms with van der Waals surface area (Å²) in [5.41, 5.74) is 0.739. The van der Waals surface area contributed by atoms with Crippen LogP contribution >= 0.6 is 11.8 Å². The van der Waals surface area contributed by atoms with Gasteiger partial charge in [-0.15, -0.1) is 11.8 Å². The van der Waals surface area contributed by atoms with Gasteiger partial charge in [-0.05, 0) is 12.1 Å². The van der Waals surface area contributed by atoms with Gasteiger partial charge in [0.15, 0.2) is 5.78 Å². The zero-order valence-corrected chi connectivity index (χ0v) is 11.8. The monoisotopic (exact) mass is 266 g/mol. The summed E-state index contributed by atoms with van der Waals surface area (Å²) in [7, 11) is 1.40. The van der Waals surface area contributed by atoms with Gasteiger partial charge in [0.25, 0.3) is 0 Å². The first-order chi connectivity index (χ1) is 8.58. The highest BCUT2D eigenvalue weighted by molar-refractivity contribution is 7.99. The molecule has 98 valence electrons. The van der Waals surface area contributed by atoms with Gasteiger partial charge in [-0.1, -0.05) is 26.0 Å². The van der Waals surface area contributed by atoms with Crippen molar-refractivity contribution in [2.45, 2.75) is 25.2 Å². The summed E-state index contributed by atoms with van der Waals surface area (Å²) >= 11 is 1.59. The molecule has 0 saturated heterocycles. The minimum absolute atomic E-state index is 0.128. The van der Waals surface area contributed by atoms with E-state index < -0.39 is 0 Å². The van der Waals surface area contributed by atoms with Crippen LogP contribution in [-0.2, 0) is 9.53 Å². The molecule has 0 N–H and O–H groups in total. The molecule has 1 unspecified atom stereocenters. The minimum atomic E-state index is -0.194. The third kappa shape index (κ3) is 4.18. The molecule has 18 heavy (non-hydrogen) atoms. The van der Waals surface area contributed by atoms with E-state index in [9.17, 15) is 9.59 Å². The summed E-state index contributed by atoms with van der Waals surface area (Å²) < 4.78 is 4.67. The molecule has 0 aromatic heterocycles. The largest absolute Gasteiger partial charge is 0.469 e. The maximum absolute atomic E-state index is 11.5. The van der Waals surface area contributed by atoms with E-state index in [1.165, 1.54) is 7.11 Å². The van der Waals surface area contributed by atoms with Crippen LogP contribution in [-0.4, -0.2) is 24.6 Å². The van der Waals surface area contributed by atoms with Gasteiger partial charge in [-0.2, -0.15) is 0 Å². The van der Waals surface area contributed by atoms with E-state index in [1.54, 1.807) is 11.8 Å². The molecule has 0 bridgehead atoms. The lowest BCUT2D eigenvalue weighted by Gasteiger charge is -2.08. The fraction of sp³-hybridized carbons (Fsp3) is 0.429. The summed E-state index contributed by atoms with van der Waals surface area (Å²) in [5.74, 6) is 0.500. The van der Waals surface area contributed by atoms with Crippen LogP contribution in [0, 0.1) is 5.92 Å². The van der Waals surface area contributed by atoms with Crippen molar-refractivity contribution in [3.63, 3.8) is 0 Å². The SMILES string of the molecule is CCC(=O)c1ccc(SCC(C)C(=O)OC)cc1. The molecule has 0 spiro atoms. The molecule has 0 fully saturated rings. The predicted octanol–water partition coefficient (Wildman–Crippen LogP) is 3.18. The maximum Gasteiger partial charge on any atom is 0.309 e. The van der Waals surface area contributed by atoms with Crippen LogP contribution in [0.15, 0.2) is 29.2 Å². The van der Waals surface area contributed by atoms with E-state index >= 15 is 0 Å². The third-order valence-corrected chi connectivity index (χ3v) is 3.87. The van der Waals surface area contributed by atoms with Gasteiger partial charge in [0, 0.05) is 22.6 Å². The molecule has 4 heteroatoms. The zero-order chi connectivity index (χ0) is 13.5. The van der Waals surface area contributed by atoms with Gasteiger partial charge in [-0.3, -0.25) is 9.59 Å². The van der Waals surface area contributed by atoms with E-state index in [4.69, 9.17) is 0 Å². The second-order valence-electron chi connectivity index (χ2n) is 4.04. The van der Waals surface area contributed by atoms with Crippen LogP contribution in [0.3, 0.4) is 0 Å². The summed E-state index contributed by atoms with van der Waals surface area (Å²) in [6.07, 6.45) is 0.520. The van der Waals surface area contributed by atoms with E-state index in [0.29, 0.717) is 12.2 Å². The number of hydrogen-bond donors (Lipinski definition) is 0. The first-order valence-corrected chi connectivity index (χ1v) is 6.91. The van der Waals surface area contributed by atoms with Gasteiger partial charge in [0.2, 0.25) is 0 Å². The van der Waals surface area contributed by atoms with E-state index in [1.807, 2.05) is 38.1 Å². The fourth-order valence-corrected chi connectivity index (χ4v) is 2.34. The molecule has 3 nitrogen and oxygen atoms in total. The minimum Gasteiger partial charge on any atom is -0.469 e. The Morgan fingerprint density at radius 1 is 1.28 bits per heavy atom. The molecule has 0 aliphatic heterocycles. The van der Waals surface area contributed by atoms with Crippen molar-refractivity contribution in [3.8, 4) is 0 Å². The summed E-state index contributed by atoms with van der Waals surface area (Å²) in [4.78, 5) is 23.7. The normalized spacial score (nSPS) is 11.9. The van der Waals surface area contributed by atoms with Crippen LogP contribution in [0.2, 0.25) is 0 Å². The van der Waals surface area contributed by atoms with Gasteiger partial charge >= 0.3 is 5.97 Å². The number of thioether (sulfide) groups is 1. The second-order valence-corrected chi connectivity index (χ2v) is 5.13. The quantitative estimate of drug-likeness (QED) is 0.450. The molecule has 0 amide bonds. The number of ketones is 1. The van der Waals surface area contributed by atoms with Gasteiger partial charge in [0.1, 0.15) is 0 Å². The first-order valence-electron chi connectivity index (χ1n) is 5.92. The van der Waals surface area contributed by atoms with Gasteiger partial charge in [-0.25, -0.2) is 0 Å². The smallest absolute Gasteiger partial charge is 0.309 e. The lowest BCUT2D eigenvalue weighted by Crippen LogP contribution is -2.14. The Bertz CT molecular complexity index is 412. The Kier molecular flexibility index (Phi) is 5.92. The summed E-state index contributed by atoms with van der Waals surface area (Å²) in [6, 6.07) is 7.49. The topological polar surface area (TPSA) is 43.4 Å². The number of rotatable bonds is 6. The van der Waals surface area contributed by atoms with Crippen molar-refractivity contribution in [2.75, 3.05) is 12.9 Å². The van der Waals surface area contributed by atoms with Crippen LogP contribution in [0.25, 0.3) is 0 Å². The van der Waals surface area contributed by atoms with E-state index in [0.717, 1.165) is 10.5 Å². The molecule has 1 atom stereocenters. The highest BCUT2D eigenvalue weighted by Crippen LogP contribution is 2.22. The Hall–Kier alpha value is -1.29. The number of Topliss-reactive ketones (excluding diaryl/α,β-unsaturated/α-hetero) is 1. The molecule has 0 aliphatic rings. The number of carbonyl (C=O) groups excluding carboxylic acids is 2. The number of esters is 1. The highest BCUT2D eigenvalue weighted by atomic mass is 32.2. The lowest BCUT2D eigenvalue weighted by atomic mass is 10.1. The van der Waals surface area contributed by atoms with Crippen molar-refractivity contribution in [1.82, 2.24) is 0 Å². The molecule has 0 aliphatic carbocycles. The molecule has 0 saturated carbocycles. The van der Waals surface area contributed by atoms with Gasteiger partial charge in [0.05, 0.1) is 13.0 Å². The lowest BCUT2D eigenvalue weighted by molar-refractivity contribution is -0.143. The first kappa shape index (κ1) is 14.8. The summed E-state index contributed by atoms with van der Waals surface area (Å²) in [6.45, 7) is 3.69. The molecule has 0 radical (unpaired) electrons. The van der Waals surface area contributed by atoms with Gasteiger partial charge < -0.3 is 4.74 Å². The zero-order valence-electron chi connectivity index (χ0n) is 10.9. The van der Waals surface area contributed by atoms with E-state index in [-0.39, 0.29) is 17.7 Å². The molecule has 1 aromatic rings. The predicted molar refractivity (Wildman–Crippen MR) is 73.0 cm³/mol. The number of carbonyl (C=O) groups is 2. The number of hydrogen-bond acceptors (Lipinski definition) is 4. The Balaban J connectivity index is 2.54. The molecular weight excluding hydrogens is 248 g/mol. The van der Waals surface area contributed by atoms with E-state index in [2.05, 4.69) is 4.74 Å². The summed E-state index contributed by atoms with van der Waals surface area (Å²) in [5, 5.41) is 0. The number of ether oxygens (including phenoxy) is 1. The van der Waals surface area contributed by atoms with Crippen LogP contribution < -0.4 is 0 Å². The van der Waals surface area contributed by atoms with Crippen molar-refractivity contribution in [1.29, 1.82) is 0 Å². The highest BCUT2D eigenvalue weighted by Gasteiger charge is 2.13. The Morgan fingerprint density at radius 2 is 1.89 bits per heavy atom. The van der Waals surface area contributed by atoms with Crippen LogP contribution in [0.1, 0.15) is 30.6 Å². The van der Waals surface area contributed by atoms with Crippen LogP contribution in [0.4, 0.5) is 0 Å². The van der Waals surface area contributed by atoms with Crippen LogP contribution in [0.5, 0.6) is 0 Å². The number of methoxy groups -OCH3 is 1. The Morgan fingerprint density at radius 3 is 2.39 bits per heavy atom. The molecule has 0 heterocycles. The standard InChI is InChI=1S/C14H18O3S/c1-4-13(15)11-5-7-12(8-6-11)18-9-10(2)14(16)17-3/h5-8,10H,4,9H2,1-3H3. The van der Waals surface area contributed by atoms with Crippen molar-refractivity contribution in [3.05, 3.63) is 29.8 Å². The molecular formula is C14H18O3S. The molecule has 1 rings (SSSR count). The third-order valence-electron chi connectivity index (χ3n) is 2.60. The van der Waals surface area contributed by atoms with Crippen molar-refractivity contribution < 1.29 is 14.3 Å². The average Bonchev–Trinajstić information content (AvgIpc) is 2.43. The Labute approximate surface area is 112 Å². The van der Waals surface area contributed by atoms with Crippen molar-refractivity contribution in [2.24, 2.45) is 5.92 Å². The molecule has 1 aromatic carbocycles. The van der Waals surface area contributed by atoms with Crippen molar-refractivity contribution >= 4 is 23.5 Å². The average molecular weight is 266 g/mol. The fourth-order valence-electron chi connectivity index (χ4n) is 1.43. The number of benzene rings is 1. The maximum atomic E-state index is 11.5.